The van der Waals surface area contributed by atoms with Crippen molar-refractivity contribution in [3.63, 3.8) is 0 Å². The fourth-order valence-corrected chi connectivity index (χ4v) is 2.24. The monoisotopic (exact) mass is 243 g/mol. The lowest BCUT2D eigenvalue weighted by Crippen LogP contribution is -2.29. The van der Waals surface area contributed by atoms with Crippen LogP contribution in [0.5, 0.6) is 0 Å². The number of aromatic nitrogens is 2. The number of ether oxygens (including phenoxy) is 1. The fourth-order valence-electron chi connectivity index (χ4n) is 1.31. The van der Waals surface area contributed by atoms with Crippen molar-refractivity contribution >= 4 is 23.5 Å². The van der Waals surface area contributed by atoms with E-state index in [2.05, 4.69) is 4.98 Å². The average Bonchev–Trinajstić information content (AvgIpc) is 2.66. The summed E-state index contributed by atoms with van der Waals surface area (Å²) in [5.41, 5.74) is 3.86. The molecule has 1 aromatic rings. The minimum atomic E-state index is -1.05. The number of carbonyl (C=O) groups is 1. The first-order chi connectivity index (χ1) is 7.58. The summed E-state index contributed by atoms with van der Waals surface area (Å²) < 4.78 is 6.40. The van der Waals surface area contributed by atoms with Crippen LogP contribution in [0.1, 0.15) is 6.23 Å². The van der Waals surface area contributed by atoms with Crippen LogP contribution in [0.2, 0.25) is 0 Å². The van der Waals surface area contributed by atoms with Crippen LogP contribution in [0, 0.1) is 0 Å². The van der Waals surface area contributed by atoms with Crippen molar-refractivity contribution in [2.45, 2.75) is 11.7 Å². The second-order valence-electron chi connectivity index (χ2n) is 3.14. The first kappa shape index (κ1) is 11.0. The molecule has 0 bridgehead atoms. The summed E-state index contributed by atoms with van der Waals surface area (Å²) in [4.78, 5) is 25.6. The van der Waals surface area contributed by atoms with Crippen LogP contribution in [0.4, 0.5) is 5.82 Å². The lowest BCUT2D eigenvalue weighted by Gasteiger charge is -2.12. The summed E-state index contributed by atoms with van der Waals surface area (Å²) in [7, 11) is 0. The van der Waals surface area contributed by atoms with E-state index < -0.39 is 23.3 Å². The topological polar surface area (TPSA) is 107 Å². The molecule has 1 unspecified atom stereocenters. The second-order valence-corrected chi connectivity index (χ2v) is 4.23. The number of nitrogens with two attached hydrogens (primary N) is 1. The first-order valence-corrected chi connectivity index (χ1v) is 5.47. The zero-order chi connectivity index (χ0) is 11.7. The molecule has 2 heterocycles. The van der Waals surface area contributed by atoms with Gasteiger partial charge in [0.2, 0.25) is 5.44 Å². The minimum absolute atomic E-state index is 0.127. The highest BCUT2D eigenvalue weighted by atomic mass is 32.2. The van der Waals surface area contributed by atoms with Crippen LogP contribution in [-0.4, -0.2) is 31.8 Å². The van der Waals surface area contributed by atoms with Gasteiger partial charge in [-0.3, -0.25) is 4.57 Å². The number of carboxylic acid groups (broad SMARTS) is 1. The van der Waals surface area contributed by atoms with Crippen molar-refractivity contribution in [2.75, 3.05) is 11.5 Å². The number of anilines is 1. The van der Waals surface area contributed by atoms with Crippen LogP contribution in [0.25, 0.3) is 0 Å². The highest BCUT2D eigenvalue weighted by molar-refractivity contribution is 8.00. The summed E-state index contributed by atoms with van der Waals surface area (Å²) in [6.45, 7) is 0. The van der Waals surface area contributed by atoms with Gasteiger partial charge < -0.3 is 15.6 Å². The maximum absolute atomic E-state index is 11.4. The highest BCUT2D eigenvalue weighted by Gasteiger charge is 2.32. The van der Waals surface area contributed by atoms with Gasteiger partial charge in [0.1, 0.15) is 12.0 Å². The molecular formula is C8H9N3O4S. The Bertz CT molecular complexity index is 475. The van der Waals surface area contributed by atoms with Crippen molar-refractivity contribution in [1.82, 2.24) is 9.55 Å². The van der Waals surface area contributed by atoms with E-state index >= 15 is 0 Å². The van der Waals surface area contributed by atoms with Crippen molar-refractivity contribution in [2.24, 2.45) is 0 Å². The fraction of sp³-hybridized carbons (Fsp3) is 0.375. The summed E-state index contributed by atoms with van der Waals surface area (Å²) in [6.07, 6.45) is 0.840. The highest BCUT2D eigenvalue weighted by Crippen LogP contribution is 2.30. The van der Waals surface area contributed by atoms with Crippen molar-refractivity contribution < 1.29 is 14.6 Å². The molecule has 2 atom stereocenters. The van der Waals surface area contributed by atoms with Crippen molar-refractivity contribution in [3.8, 4) is 0 Å². The molecule has 0 aliphatic carbocycles. The Labute approximate surface area is 94.2 Å². The molecule has 86 valence electrons. The van der Waals surface area contributed by atoms with E-state index in [-0.39, 0.29) is 5.82 Å². The number of carboxylic acids is 1. The minimum Gasteiger partial charge on any atom is -0.479 e. The van der Waals surface area contributed by atoms with E-state index in [9.17, 15) is 9.59 Å². The third kappa shape index (κ3) is 2.02. The third-order valence-corrected chi connectivity index (χ3v) is 3.13. The summed E-state index contributed by atoms with van der Waals surface area (Å²) in [5, 5.41) is 8.72. The summed E-state index contributed by atoms with van der Waals surface area (Å²) in [6, 6.07) is 1.46. The largest absolute Gasteiger partial charge is 0.479 e. The van der Waals surface area contributed by atoms with Crippen molar-refractivity contribution in [3.05, 3.63) is 22.7 Å². The number of hydrogen-bond acceptors (Lipinski definition) is 6. The van der Waals surface area contributed by atoms with Crippen LogP contribution in [0.3, 0.4) is 0 Å². The molecule has 1 aliphatic heterocycles. The van der Waals surface area contributed by atoms with E-state index in [4.69, 9.17) is 15.6 Å². The van der Waals surface area contributed by atoms with Crippen LogP contribution in [-0.2, 0) is 9.53 Å². The molecule has 2 rings (SSSR count). The van der Waals surface area contributed by atoms with Gasteiger partial charge in [0, 0.05) is 11.9 Å². The van der Waals surface area contributed by atoms with Crippen LogP contribution < -0.4 is 11.4 Å². The summed E-state index contributed by atoms with van der Waals surface area (Å²) >= 11 is 1.13. The predicted octanol–water partition coefficient (Wildman–Crippen LogP) is -0.502. The van der Waals surface area contributed by atoms with E-state index in [0.717, 1.165) is 11.8 Å². The van der Waals surface area contributed by atoms with Gasteiger partial charge in [0.15, 0.2) is 0 Å². The van der Waals surface area contributed by atoms with Crippen LogP contribution in [0.15, 0.2) is 17.1 Å². The maximum Gasteiger partial charge on any atom is 0.351 e. The quantitative estimate of drug-likeness (QED) is 0.720. The normalized spacial score (nSPS) is 24.5. The molecule has 7 nitrogen and oxygen atoms in total. The van der Waals surface area contributed by atoms with Gasteiger partial charge in [-0.05, 0) is 6.07 Å². The molecule has 1 aromatic heterocycles. The third-order valence-electron chi connectivity index (χ3n) is 2.03. The van der Waals surface area contributed by atoms with E-state index in [1.165, 1.54) is 16.8 Å². The molecule has 1 aliphatic rings. The lowest BCUT2D eigenvalue weighted by atomic mass is 10.5. The average molecular weight is 243 g/mol. The molecule has 1 fully saturated rings. The standard InChI is InChI=1S/C8H9N3O4S/c9-4-1-2-11(8(14)10-4)5-3-16-7(15-5)6(12)13/h1-2,5,7H,3H2,(H,12,13)(H2,9,10,14)/t5-,7?/m0/s1. The molecule has 8 heteroatoms. The predicted molar refractivity (Wildman–Crippen MR) is 56.9 cm³/mol. The zero-order valence-electron chi connectivity index (χ0n) is 8.07. The van der Waals surface area contributed by atoms with Gasteiger partial charge >= 0.3 is 11.7 Å². The van der Waals surface area contributed by atoms with Gasteiger partial charge in [0.05, 0.1) is 0 Å². The van der Waals surface area contributed by atoms with Gasteiger partial charge in [-0.1, -0.05) is 0 Å². The molecule has 0 radical (unpaired) electrons. The molecule has 0 spiro atoms. The molecular weight excluding hydrogens is 234 g/mol. The zero-order valence-corrected chi connectivity index (χ0v) is 8.88. The Balaban J connectivity index is 2.21. The van der Waals surface area contributed by atoms with Crippen LogP contribution >= 0.6 is 11.8 Å². The Morgan fingerprint density at radius 1 is 1.75 bits per heavy atom. The van der Waals surface area contributed by atoms with Gasteiger partial charge in [0.25, 0.3) is 0 Å². The number of hydrogen-bond donors (Lipinski definition) is 2. The van der Waals surface area contributed by atoms with E-state index in [0.29, 0.717) is 5.75 Å². The first-order valence-electron chi connectivity index (χ1n) is 4.42. The Kier molecular flexibility index (Phi) is 2.84. The molecule has 1 saturated heterocycles. The number of thioether (sulfide) groups is 1. The SMILES string of the molecule is Nc1ccn([C@@H]2CSC(C(=O)O)O2)c(=O)n1. The van der Waals surface area contributed by atoms with Crippen molar-refractivity contribution in [1.29, 1.82) is 0 Å². The lowest BCUT2D eigenvalue weighted by molar-refractivity contribution is -0.147. The Morgan fingerprint density at radius 2 is 2.50 bits per heavy atom. The number of nitrogens with zero attached hydrogens (tertiary/aromatic N) is 2. The molecule has 0 amide bonds. The maximum atomic E-state index is 11.4. The van der Waals surface area contributed by atoms with Gasteiger partial charge in [-0.15, -0.1) is 11.8 Å². The number of aliphatic carboxylic acids is 1. The van der Waals surface area contributed by atoms with E-state index in [1.807, 2.05) is 0 Å². The smallest absolute Gasteiger partial charge is 0.351 e. The number of rotatable bonds is 2. The molecule has 3 N–H and O–H groups in total. The van der Waals surface area contributed by atoms with Gasteiger partial charge in [-0.2, -0.15) is 4.98 Å². The van der Waals surface area contributed by atoms with Gasteiger partial charge in [-0.25, -0.2) is 9.59 Å². The molecule has 0 saturated carbocycles. The molecule has 16 heavy (non-hydrogen) atoms. The Morgan fingerprint density at radius 3 is 3.06 bits per heavy atom. The Hall–Kier alpha value is -1.54. The molecule has 0 aromatic carbocycles. The van der Waals surface area contributed by atoms with E-state index in [1.54, 1.807) is 0 Å². The number of nitrogen functional groups attached to an aromatic ring is 1. The second kappa shape index (κ2) is 4.14. The summed E-state index contributed by atoms with van der Waals surface area (Å²) in [5.74, 6) is -0.534.